The van der Waals surface area contributed by atoms with Gasteiger partial charge in [0.2, 0.25) is 0 Å². The van der Waals surface area contributed by atoms with Gasteiger partial charge in [-0.25, -0.2) is 9.78 Å². The van der Waals surface area contributed by atoms with Crippen molar-refractivity contribution in [1.29, 1.82) is 0 Å². The average Bonchev–Trinajstić information content (AvgIpc) is 2.46. The SMILES string of the molecule is CNc1nccc(-c2ccc(OC)c(Br)c2)c1C(=O)O. The van der Waals surface area contributed by atoms with Gasteiger partial charge in [0.15, 0.2) is 0 Å². The summed E-state index contributed by atoms with van der Waals surface area (Å²) in [5.41, 5.74) is 1.52. The molecule has 2 rings (SSSR count). The van der Waals surface area contributed by atoms with Gasteiger partial charge < -0.3 is 15.2 Å². The number of carboxylic acid groups (broad SMARTS) is 1. The molecule has 0 saturated heterocycles. The summed E-state index contributed by atoms with van der Waals surface area (Å²) >= 11 is 3.40. The summed E-state index contributed by atoms with van der Waals surface area (Å²) in [7, 11) is 3.22. The molecule has 0 radical (unpaired) electrons. The van der Waals surface area contributed by atoms with E-state index in [1.54, 1.807) is 32.5 Å². The molecule has 1 aromatic heterocycles. The predicted octanol–water partition coefficient (Wildman–Crippen LogP) is 3.26. The van der Waals surface area contributed by atoms with Crippen LogP contribution < -0.4 is 10.1 Å². The van der Waals surface area contributed by atoms with Gasteiger partial charge in [0.05, 0.1) is 11.6 Å². The number of pyridine rings is 1. The van der Waals surface area contributed by atoms with Crippen molar-refractivity contribution in [1.82, 2.24) is 4.98 Å². The van der Waals surface area contributed by atoms with E-state index in [4.69, 9.17) is 4.74 Å². The van der Waals surface area contributed by atoms with Crippen LogP contribution in [0.25, 0.3) is 11.1 Å². The van der Waals surface area contributed by atoms with Crippen LogP contribution in [0.3, 0.4) is 0 Å². The van der Waals surface area contributed by atoms with Gasteiger partial charge in [-0.05, 0) is 39.7 Å². The van der Waals surface area contributed by atoms with Crippen molar-refractivity contribution in [2.75, 3.05) is 19.5 Å². The molecule has 0 aliphatic rings. The Morgan fingerprint density at radius 1 is 1.40 bits per heavy atom. The third kappa shape index (κ3) is 2.60. The van der Waals surface area contributed by atoms with Crippen LogP contribution in [0.1, 0.15) is 10.4 Å². The third-order valence-corrected chi connectivity index (χ3v) is 3.48. The minimum Gasteiger partial charge on any atom is -0.496 e. The van der Waals surface area contributed by atoms with E-state index in [0.717, 1.165) is 10.0 Å². The van der Waals surface area contributed by atoms with Crippen LogP contribution in [0.15, 0.2) is 34.9 Å². The second-order valence-corrected chi connectivity index (χ2v) is 4.84. The number of ether oxygens (including phenoxy) is 1. The summed E-state index contributed by atoms with van der Waals surface area (Å²) < 4.78 is 5.93. The fraction of sp³-hybridized carbons (Fsp3) is 0.143. The van der Waals surface area contributed by atoms with Gasteiger partial charge >= 0.3 is 5.97 Å². The molecule has 0 amide bonds. The Hall–Kier alpha value is -2.08. The Morgan fingerprint density at radius 2 is 2.15 bits per heavy atom. The highest BCUT2D eigenvalue weighted by atomic mass is 79.9. The Bertz CT molecular complexity index is 659. The number of nitrogens with one attached hydrogen (secondary N) is 1. The van der Waals surface area contributed by atoms with Gasteiger partial charge in [0.1, 0.15) is 17.1 Å². The summed E-state index contributed by atoms with van der Waals surface area (Å²) in [6, 6.07) is 7.09. The largest absolute Gasteiger partial charge is 0.496 e. The van der Waals surface area contributed by atoms with Gasteiger partial charge in [-0.2, -0.15) is 0 Å². The van der Waals surface area contributed by atoms with Crippen LogP contribution >= 0.6 is 15.9 Å². The van der Waals surface area contributed by atoms with Crippen LogP contribution in [-0.4, -0.2) is 30.2 Å². The second-order valence-electron chi connectivity index (χ2n) is 3.99. The molecule has 20 heavy (non-hydrogen) atoms. The first-order valence-corrected chi connectivity index (χ1v) is 6.61. The van der Waals surface area contributed by atoms with Crippen molar-refractivity contribution in [2.45, 2.75) is 0 Å². The van der Waals surface area contributed by atoms with Crippen LogP contribution in [-0.2, 0) is 0 Å². The lowest BCUT2D eigenvalue weighted by Gasteiger charge is -2.11. The predicted molar refractivity (Wildman–Crippen MR) is 80.4 cm³/mol. The van der Waals surface area contributed by atoms with E-state index in [2.05, 4.69) is 26.2 Å². The van der Waals surface area contributed by atoms with Crippen LogP contribution in [0.5, 0.6) is 5.75 Å². The number of aromatic nitrogens is 1. The van der Waals surface area contributed by atoms with Crippen molar-refractivity contribution < 1.29 is 14.6 Å². The lowest BCUT2D eigenvalue weighted by Crippen LogP contribution is -2.07. The summed E-state index contributed by atoms with van der Waals surface area (Å²) in [5, 5.41) is 12.2. The number of halogens is 1. The van der Waals surface area contributed by atoms with Gasteiger partial charge in [-0.15, -0.1) is 0 Å². The summed E-state index contributed by atoms with van der Waals surface area (Å²) in [4.78, 5) is 15.5. The number of methoxy groups -OCH3 is 1. The Balaban J connectivity index is 2.63. The molecule has 0 saturated carbocycles. The number of rotatable bonds is 4. The Kier molecular flexibility index (Phi) is 4.24. The Labute approximate surface area is 124 Å². The molecule has 104 valence electrons. The topological polar surface area (TPSA) is 71.5 Å². The maximum atomic E-state index is 11.5. The van der Waals surface area contributed by atoms with E-state index >= 15 is 0 Å². The van der Waals surface area contributed by atoms with E-state index in [1.165, 1.54) is 0 Å². The normalized spacial score (nSPS) is 10.2. The minimum absolute atomic E-state index is 0.145. The van der Waals surface area contributed by atoms with Crippen molar-refractivity contribution in [2.24, 2.45) is 0 Å². The number of carboxylic acids is 1. The zero-order chi connectivity index (χ0) is 14.7. The molecule has 0 spiro atoms. The second kappa shape index (κ2) is 5.92. The highest BCUT2D eigenvalue weighted by Gasteiger charge is 2.17. The number of nitrogens with zero attached hydrogens (tertiary/aromatic N) is 1. The zero-order valence-corrected chi connectivity index (χ0v) is 12.6. The maximum Gasteiger partial charge on any atom is 0.340 e. The van der Waals surface area contributed by atoms with E-state index in [9.17, 15) is 9.90 Å². The first kappa shape index (κ1) is 14.3. The summed E-state index contributed by atoms with van der Waals surface area (Å²) in [6.07, 6.45) is 1.58. The quantitative estimate of drug-likeness (QED) is 0.896. The highest BCUT2D eigenvalue weighted by Crippen LogP contribution is 2.33. The van der Waals surface area contributed by atoms with Gasteiger partial charge in [0, 0.05) is 18.8 Å². The lowest BCUT2D eigenvalue weighted by molar-refractivity contribution is 0.0698. The number of benzene rings is 1. The molecule has 2 aromatic rings. The smallest absolute Gasteiger partial charge is 0.340 e. The van der Waals surface area contributed by atoms with Crippen LogP contribution in [0.4, 0.5) is 5.82 Å². The number of hydrogen-bond donors (Lipinski definition) is 2. The molecule has 2 N–H and O–H groups in total. The van der Waals surface area contributed by atoms with Crippen molar-refractivity contribution in [3.8, 4) is 16.9 Å². The molecule has 0 bridgehead atoms. The monoisotopic (exact) mass is 336 g/mol. The summed E-state index contributed by atoms with van der Waals surface area (Å²) in [5.74, 6) is -0.000137. The number of hydrogen-bond acceptors (Lipinski definition) is 4. The molecule has 0 unspecified atom stereocenters. The van der Waals surface area contributed by atoms with Crippen molar-refractivity contribution in [3.63, 3.8) is 0 Å². The molecule has 0 atom stereocenters. The first-order valence-electron chi connectivity index (χ1n) is 5.82. The van der Waals surface area contributed by atoms with Crippen LogP contribution in [0, 0.1) is 0 Å². The number of aromatic carboxylic acids is 1. The van der Waals surface area contributed by atoms with Crippen molar-refractivity contribution in [3.05, 3.63) is 40.5 Å². The summed E-state index contributed by atoms with van der Waals surface area (Å²) in [6.45, 7) is 0. The molecule has 0 aliphatic carbocycles. The Morgan fingerprint density at radius 3 is 2.70 bits per heavy atom. The average molecular weight is 337 g/mol. The zero-order valence-electron chi connectivity index (χ0n) is 11.0. The first-order chi connectivity index (χ1) is 9.58. The highest BCUT2D eigenvalue weighted by molar-refractivity contribution is 9.10. The number of carbonyl (C=O) groups is 1. The van der Waals surface area contributed by atoms with E-state index in [-0.39, 0.29) is 5.56 Å². The molecule has 0 fully saturated rings. The standard InChI is InChI=1S/C14H13BrN2O3/c1-16-13-12(14(18)19)9(5-6-17-13)8-3-4-11(20-2)10(15)7-8/h3-7H,1-2H3,(H,16,17)(H,18,19). The molecule has 1 heterocycles. The van der Waals surface area contributed by atoms with E-state index < -0.39 is 5.97 Å². The molecule has 6 heteroatoms. The molecule has 0 aliphatic heterocycles. The fourth-order valence-electron chi connectivity index (χ4n) is 1.94. The molecule has 1 aromatic carbocycles. The molecular formula is C14H13BrN2O3. The van der Waals surface area contributed by atoms with Crippen LogP contribution in [0.2, 0.25) is 0 Å². The third-order valence-electron chi connectivity index (χ3n) is 2.86. The fourth-order valence-corrected chi connectivity index (χ4v) is 2.48. The number of anilines is 1. The molecular weight excluding hydrogens is 324 g/mol. The lowest BCUT2D eigenvalue weighted by atomic mass is 10.0. The van der Waals surface area contributed by atoms with E-state index in [1.807, 2.05) is 12.1 Å². The molecule has 5 nitrogen and oxygen atoms in total. The van der Waals surface area contributed by atoms with E-state index in [0.29, 0.717) is 17.1 Å². The maximum absolute atomic E-state index is 11.5. The minimum atomic E-state index is -1.02. The van der Waals surface area contributed by atoms with Gasteiger partial charge in [-0.3, -0.25) is 0 Å². The van der Waals surface area contributed by atoms with Gasteiger partial charge in [0.25, 0.3) is 0 Å². The van der Waals surface area contributed by atoms with Gasteiger partial charge in [-0.1, -0.05) is 6.07 Å². The van der Waals surface area contributed by atoms with Crippen molar-refractivity contribution >= 4 is 27.7 Å².